The van der Waals surface area contributed by atoms with E-state index in [9.17, 15) is 8.42 Å². The number of halogens is 1. The number of aryl methyl sites for hydroxylation is 1. The molecule has 4 rings (SSSR count). The first-order chi connectivity index (χ1) is 16.1. The topological polar surface area (TPSA) is 117 Å². The Morgan fingerprint density at radius 2 is 1.91 bits per heavy atom. The lowest BCUT2D eigenvalue weighted by molar-refractivity contribution is -0.180. The standard InChI is InChI=1S/C22H24ClN3O2S.CH4O3S/c23-18-3-1-17(2-4-18)9-10-22(15-26-12-11-25-16-26)27-13-20(28-22)14-29-21-7-5-19(24)6-8-21;1-5(2,3)4/h1-8,11-12,16,20H,9-10,13-15,24H2;1H3,(H,2,3,4)/t20-,22-;/m0./s1. The SMILES string of the molecule is CS(=O)(=O)O.Nc1ccc(SC[C@@H]2CO[C@](CCc3ccc(Cl)cc3)(Cn3ccnc3)O2)cc1. The summed E-state index contributed by atoms with van der Waals surface area (Å²) in [7, 11) is -3.67. The smallest absolute Gasteiger partial charge is 0.261 e. The van der Waals surface area contributed by atoms with Gasteiger partial charge < -0.3 is 19.8 Å². The molecule has 2 heterocycles. The van der Waals surface area contributed by atoms with Crippen molar-refractivity contribution in [3.63, 3.8) is 0 Å². The van der Waals surface area contributed by atoms with E-state index in [1.807, 2.05) is 47.2 Å². The van der Waals surface area contributed by atoms with Crippen LogP contribution < -0.4 is 5.73 Å². The Morgan fingerprint density at radius 3 is 2.53 bits per heavy atom. The van der Waals surface area contributed by atoms with Gasteiger partial charge in [-0.2, -0.15) is 8.42 Å². The molecule has 3 aromatic rings. The molecule has 3 N–H and O–H groups in total. The molecule has 0 aliphatic carbocycles. The summed E-state index contributed by atoms with van der Waals surface area (Å²) >= 11 is 7.76. The zero-order chi connectivity index (χ0) is 24.6. The number of imidazole rings is 1. The maximum Gasteiger partial charge on any atom is 0.261 e. The van der Waals surface area contributed by atoms with Gasteiger partial charge in [-0.1, -0.05) is 23.7 Å². The van der Waals surface area contributed by atoms with Crippen molar-refractivity contribution in [2.24, 2.45) is 0 Å². The number of rotatable bonds is 8. The molecule has 0 unspecified atom stereocenters. The number of nitrogens with two attached hydrogens (primary N) is 1. The summed E-state index contributed by atoms with van der Waals surface area (Å²) in [5.41, 5.74) is 7.75. The number of benzene rings is 2. The highest BCUT2D eigenvalue weighted by Crippen LogP contribution is 2.33. The molecule has 184 valence electrons. The van der Waals surface area contributed by atoms with Crippen molar-refractivity contribution in [1.82, 2.24) is 9.55 Å². The Balaban J connectivity index is 0.000000588. The lowest BCUT2D eigenvalue weighted by atomic mass is 10.0. The Labute approximate surface area is 209 Å². The minimum absolute atomic E-state index is 0.0336. The molecule has 11 heteroatoms. The van der Waals surface area contributed by atoms with Gasteiger partial charge in [0.2, 0.25) is 0 Å². The molecular formula is C23H28ClN3O5S2. The van der Waals surface area contributed by atoms with Crippen LogP contribution in [-0.2, 0) is 32.6 Å². The van der Waals surface area contributed by atoms with Crippen molar-refractivity contribution in [3.05, 3.63) is 77.8 Å². The molecule has 0 bridgehead atoms. The summed E-state index contributed by atoms with van der Waals surface area (Å²) in [5.74, 6) is 0.170. The maximum atomic E-state index is 9.19. The Morgan fingerprint density at radius 1 is 1.24 bits per heavy atom. The van der Waals surface area contributed by atoms with Crippen molar-refractivity contribution >= 4 is 39.2 Å². The number of thioether (sulfide) groups is 1. The van der Waals surface area contributed by atoms with Crippen LogP contribution in [-0.4, -0.2) is 53.0 Å². The molecule has 1 saturated heterocycles. The van der Waals surface area contributed by atoms with Crippen molar-refractivity contribution in [2.45, 2.75) is 36.2 Å². The number of nitrogens with zero attached hydrogens (tertiary/aromatic N) is 2. The minimum Gasteiger partial charge on any atom is -0.399 e. The second-order valence-electron chi connectivity index (χ2n) is 7.94. The molecule has 0 radical (unpaired) electrons. The normalized spacial score (nSPS) is 20.0. The average Bonchev–Trinajstić information content (AvgIpc) is 3.42. The van der Waals surface area contributed by atoms with E-state index in [-0.39, 0.29) is 6.10 Å². The van der Waals surface area contributed by atoms with Gasteiger partial charge in [0.15, 0.2) is 5.79 Å². The molecular weight excluding hydrogens is 498 g/mol. The van der Waals surface area contributed by atoms with Crippen molar-refractivity contribution in [2.75, 3.05) is 24.3 Å². The highest BCUT2D eigenvalue weighted by Gasteiger charge is 2.41. The van der Waals surface area contributed by atoms with Crippen LogP contribution >= 0.6 is 23.4 Å². The highest BCUT2D eigenvalue weighted by atomic mass is 35.5. The number of hydrogen-bond acceptors (Lipinski definition) is 7. The highest BCUT2D eigenvalue weighted by molar-refractivity contribution is 7.99. The third-order valence-corrected chi connectivity index (χ3v) is 6.32. The second-order valence-corrected chi connectivity index (χ2v) is 10.9. The molecule has 2 atom stereocenters. The molecule has 0 amide bonds. The van der Waals surface area contributed by atoms with Gasteiger partial charge in [0.25, 0.3) is 10.1 Å². The van der Waals surface area contributed by atoms with E-state index < -0.39 is 15.9 Å². The van der Waals surface area contributed by atoms with E-state index in [4.69, 9.17) is 31.4 Å². The summed E-state index contributed by atoms with van der Waals surface area (Å²) in [4.78, 5) is 5.33. The van der Waals surface area contributed by atoms with Gasteiger partial charge in [-0.25, -0.2) is 4.98 Å². The first-order valence-corrected chi connectivity index (χ1v) is 13.7. The van der Waals surface area contributed by atoms with Crippen molar-refractivity contribution < 1.29 is 22.4 Å². The number of ether oxygens (including phenoxy) is 2. The van der Waals surface area contributed by atoms with Gasteiger partial charge in [-0.15, -0.1) is 11.8 Å². The van der Waals surface area contributed by atoms with Crippen LogP contribution in [0.3, 0.4) is 0 Å². The lowest BCUT2D eigenvalue weighted by Crippen LogP contribution is -2.37. The van der Waals surface area contributed by atoms with Crippen LogP contribution in [0, 0.1) is 0 Å². The molecule has 1 aliphatic heterocycles. The quantitative estimate of drug-likeness (QED) is 0.256. The summed E-state index contributed by atoms with van der Waals surface area (Å²) < 4.78 is 40.6. The number of hydrogen-bond donors (Lipinski definition) is 2. The fraction of sp³-hybridized carbons (Fsp3) is 0.348. The molecule has 34 heavy (non-hydrogen) atoms. The van der Waals surface area contributed by atoms with Crippen LogP contribution in [0.15, 0.2) is 72.1 Å². The van der Waals surface area contributed by atoms with Crippen LogP contribution in [0.25, 0.3) is 0 Å². The monoisotopic (exact) mass is 525 g/mol. The van der Waals surface area contributed by atoms with Crippen LogP contribution in [0.2, 0.25) is 5.02 Å². The summed E-state index contributed by atoms with van der Waals surface area (Å²) in [6, 6.07) is 15.9. The molecule has 1 aromatic heterocycles. The molecule has 0 spiro atoms. The zero-order valence-corrected chi connectivity index (χ0v) is 21.1. The van der Waals surface area contributed by atoms with E-state index in [0.717, 1.165) is 29.3 Å². The third kappa shape index (κ3) is 9.28. The molecule has 0 saturated carbocycles. The number of anilines is 1. The van der Waals surface area contributed by atoms with Gasteiger partial charge in [0, 0.05) is 40.2 Å². The van der Waals surface area contributed by atoms with Crippen LogP contribution in [0.5, 0.6) is 0 Å². The van der Waals surface area contributed by atoms with Gasteiger partial charge in [0.1, 0.15) is 0 Å². The van der Waals surface area contributed by atoms with E-state index >= 15 is 0 Å². The summed E-state index contributed by atoms with van der Waals surface area (Å²) in [6.45, 7) is 1.20. The lowest BCUT2D eigenvalue weighted by Gasteiger charge is -2.28. The van der Waals surface area contributed by atoms with Gasteiger partial charge in [0.05, 0.1) is 31.8 Å². The van der Waals surface area contributed by atoms with Gasteiger partial charge >= 0.3 is 0 Å². The fourth-order valence-electron chi connectivity index (χ4n) is 3.39. The third-order valence-electron chi connectivity index (χ3n) is 4.92. The second kappa shape index (κ2) is 12.1. The Kier molecular flexibility index (Phi) is 9.40. The molecule has 8 nitrogen and oxygen atoms in total. The molecule has 1 aliphatic rings. The molecule has 1 fully saturated rings. The number of aromatic nitrogens is 2. The van der Waals surface area contributed by atoms with Crippen molar-refractivity contribution in [1.29, 1.82) is 0 Å². The predicted molar refractivity (Wildman–Crippen MR) is 135 cm³/mol. The van der Waals surface area contributed by atoms with Crippen molar-refractivity contribution in [3.8, 4) is 0 Å². The molecule has 2 aromatic carbocycles. The first-order valence-electron chi connectivity index (χ1n) is 10.5. The van der Waals surface area contributed by atoms with E-state index in [1.54, 1.807) is 24.3 Å². The van der Waals surface area contributed by atoms with Crippen LogP contribution in [0.4, 0.5) is 5.69 Å². The minimum atomic E-state index is -3.67. The Hall–Kier alpha value is -2.08. The Bertz CT molecular complexity index is 1120. The maximum absolute atomic E-state index is 9.19. The first kappa shape index (κ1) is 26.5. The van der Waals surface area contributed by atoms with E-state index in [2.05, 4.69) is 17.1 Å². The fourth-order valence-corrected chi connectivity index (χ4v) is 4.39. The predicted octanol–water partition coefficient (Wildman–Crippen LogP) is 4.16. The number of nitrogen functional groups attached to an aromatic ring is 1. The van der Waals surface area contributed by atoms with Gasteiger partial charge in [-0.3, -0.25) is 4.55 Å². The summed E-state index contributed by atoms with van der Waals surface area (Å²) in [5, 5.41) is 0.745. The van der Waals surface area contributed by atoms with E-state index in [0.29, 0.717) is 19.4 Å². The largest absolute Gasteiger partial charge is 0.399 e. The summed E-state index contributed by atoms with van der Waals surface area (Å²) in [6.07, 6.45) is 7.87. The van der Waals surface area contributed by atoms with Crippen LogP contribution in [0.1, 0.15) is 12.0 Å². The zero-order valence-electron chi connectivity index (χ0n) is 18.7. The average molecular weight is 526 g/mol. The van der Waals surface area contributed by atoms with E-state index in [1.165, 1.54) is 10.5 Å². The van der Waals surface area contributed by atoms with Gasteiger partial charge in [-0.05, 0) is 48.4 Å².